The SMILES string of the molecule is CCCCCCCC/C=C\CCCCCCCC(=O)OC(=O)CCCCCCC/C=C\CCCCCCCC.[KH]. The third-order valence-corrected chi connectivity index (χ3v) is 7.51. The molecular weight excluding hydrogens is 519 g/mol. The van der Waals surface area contributed by atoms with E-state index in [0.29, 0.717) is 12.8 Å². The summed E-state index contributed by atoms with van der Waals surface area (Å²) >= 11 is 0. The van der Waals surface area contributed by atoms with Crippen LogP contribution in [0, 0.1) is 0 Å². The van der Waals surface area contributed by atoms with Crippen LogP contribution in [0.2, 0.25) is 0 Å². The van der Waals surface area contributed by atoms with Crippen molar-refractivity contribution in [2.75, 3.05) is 0 Å². The van der Waals surface area contributed by atoms with Gasteiger partial charge in [-0.2, -0.15) is 0 Å². The minimum absolute atomic E-state index is 0. The molecule has 0 unspecified atom stereocenters. The first-order valence-electron chi connectivity index (χ1n) is 17.2. The molecule has 0 amide bonds. The summed E-state index contributed by atoms with van der Waals surface area (Å²) in [7, 11) is 0. The van der Waals surface area contributed by atoms with E-state index in [9.17, 15) is 9.59 Å². The molecule has 0 aliphatic heterocycles. The first-order chi connectivity index (χ1) is 19.2. The number of esters is 2. The Morgan fingerprint density at radius 1 is 0.400 bits per heavy atom. The van der Waals surface area contributed by atoms with Crippen molar-refractivity contribution >= 4 is 63.3 Å². The van der Waals surface area contributed by atoms with Crippen molar-refractivity contribution in [1.82, 2.24) is 0 Å². The van der Waals surface area contributed by atoms with Gasteiger partial charge in [0.1, 0.15) is 0 Å². The van der Waals surface area contributed by atoms with Gasteiger partial charge in [-0.05, 0) is 64.2 Å². The molecule has 0 bridgehead atoms. The van der Waals surface area contributed by atoms with Crippen LogP contribution in [0.15, 0.2) is 24.3 Å². The predicted octanol–water partition coefficient (Wildman–Crippen LogP) is 11.5. The fourth-order valence-corrected chi connectivity index (χ4v) is 4.91. The van der Waals surface area contributed by atoms with Crippen LogP contribution in [0.4, 0.5) is 0 Å². The van der Waals surface area contributed by atoms with Crippen LogP contribution < -0.4 is 0 Å². The molecule has 0 radical (unpaired) electrons. The summed E-state index contributed by atoms with van der Waals surface area (Å²) in [5, 5.41) is 0. The Hall–Kier alpha value is 0.256. The molecule has 0 N–H and O–H groups in total. The van der Waals surface area contributed by atoms with Crippen LogP contribution in [0.25, 0.3) is 0 Å². The molecule has 0 aromatic rings. The summed E-state index contributed by atoms with van der Waals surface area (Å²) < 4.78 is 4.99. The molecule has 0 aliphatic rings. The molecule has 40 heavy (non-hydrogen) atoms. The molecule has 0 saturated carbocycles. The van der Waals surface area contributed by atoms with Gasteiger partial charge in [-0.25, -0.2) is 0 Å². The van der Waals surface area contributed by atoms with Gasteiger partial charge < -0.3 is 4.74 Å². The Morgan fingerprint density at radius 2 is 0.650 bits per heavy atom. The fourth-order valence-electron chi connectivity index (χ4n) is 4.91. The number of hydrogen-bond donors (Lipinski definition) is 0. The first kappa shape index (κ1) is 42.4. The molecule has 4 heteroatoms. The number of carbonyl (C=O) groups is 2. The second-order valence-corrected chi connectivity index (χ2v) is 11.5. The molecule has 0 fully saturated rings. The standard InChI is InChI=1S/C36H66O3.K.H/c1-3-5-7-9-11-13-15-17-19-21-23-25-27-29-31-33-35(37)39-36(38)34-32-30-28-26-24-22-20-18-16-14-12-10-8-6-4-2;;/h17-20H,3-16,21-34H2,1-2H3;;/b19-17-,20-18-;;. The predicted molar refractivity (Wildman–Crippen MR) is 177 cm³/mol. The number of carbonyl (C=O) groups excluding carboxylic acids is 2. The van der Waals surface area contributed by atoms with Crippen molar-refractivity contribution in [1.29, 1.82) is 0 Å². The summed E-state index contributed by atoms with van der Waals surface area (Å²) in [4.78, 5) is 23.8. The first-order valence-corrected chi connectivity index (χ1v) is 17.2. The van der Waals surface area contributed by atoms with E-state index in [0.717, 1.165) is 38.5 Å². The second kappa shape index (κ2) is 37.3. The number of allylic oxidation sites excluding steroid dienone is 4. The van der Waals surface area contributed by atoms with Gasteiger partial charge in [-0.1, -0.05) is 141 Å². The third kappa shape index (κ3) is 36.3. The summed E-state index contributed by atoms with van der Waals surface area (Å²) in [5.74, 6) is -0.684. The second-order valence-electron chi connectivity index (χ2n) is 11.5. The van der Waals surface area contributed by atoms with E-state index in [4.69, 9.17) is 4.74 Å². The van der Waals surface area contributed by atoms with Gasteiger partial charge in [0.15, 0.2) is 0 Å². The molecule has 0 aromatic carbocycles. The van der Waals surface area contributed by atoms with Crippen molar-refractivity contribution in [3.05, 3.63) is 24.3 Å². The average Bonchev–Trinajstić information content (AvgIpc) is 2.93. The van der Waals surface area contributed by atoms with Crippen molar-refractivity contribution in [3.63, 3.8) is 0 Å². The van der Waals surface area contributed by atoms with Gasteiger partial charge in [0, 0.05) is 12.8 Å². The molecule has 0 saturated heterocycles. The molecular formula is C36H67KO3. The van der Waals surface area contributed by atoms with Crippen molar-refractivity contribution < 1.29 is 14.3 Å². The average molecular weight is 587 g/mol. The van der Waals surface area contributed by atoms with E-state index in [2.05, 4.69) is 38.2 Å². The van der Waals surface area contributed by atoms with Gasteiger partial charge in [0.25, 0.3) is 0 Å². The zero-order valence-electron chi connectivity index (χ0n) is 26.3. The normalized spacial score (nSPS) is 11.3. The number of unbranched alkanes of at least 4 members (excludes halogenated alkanes) is 22. The Balaban J connectivity index is 0. The van der Waals surface area contributed by atoms with Crippen LogP contribution in [0.3, 0.4) is 0 Å². The molecule has 0 heterocycles. The summed E-state index contributed by atoms with van der Waals surface area (Å²) in [5.41, 5.74) is 0. The third-order valence-electron chi connectivity index (χ3n) is 7.51. The van der Waals surface area contributed by atoms with Crippen molar-refractivity contribution in [2.24, 2.45) is 0 Å². The van der Waals surface area contributed by atoms with Gasteiger partial charge in [-0.3, -0.25) is 9.59 Å². The van der Waals surface area contributed by atoms with Crippen molar-refractivity contribution in [2.45, 2.75) is 194 Å². The number of rotatable bonds is 30. The maximum absolute atomic E-state index is 11.9. The van der Waals surface area contributed by atoms with E-state index >= 15 is 0 Å². The Labute approximate surface area is 292 Å². The summed E-state index contributed by atoms with van der Waals surface area (Å²) in [6.07, 6.45) is 42.2. The quantitative estimate of drug-likeness (QED) is 0.0276. The topological polar surface area (TPSA) is 43.4 Å². The molecule has 0 aliphatic carbocycles. The number of ether oxygens (including phenoxy) is 1. The fraction of sp³-hybridized carbons (Fsp3) is 0.833. The van der Waals surface area contributed by atoms with E-state index in [1.165, 1.54) is 128 Å². The van der Waals surface area contributed by atoms with Crippen LogP contribution >= 0.6 is 0 Å². The Bertz CT molecular complexity index is 535. The Kier molecular flexibility index (Phi) is 39.5. The van der Waals surface area contributed by atoms with E-state index in [-0.39, 0.29) is 63.3 Å². The molecule has 0 spiro atoms. The van der Waals surface area contributed by atoms with Gasteiger partial charge in [0.05, 0.1) is 0 Å². The van der Waals surface area contributed by atoms with E-state index in [1.54, 1.807) is 0 Å². The molecule has 0 aromatic heterocycles. The Morgan fingerprint density at radius 3 is 0.950 bits per heavy atom. The number of hydrogen-bond acceptors (Lipinski definition) is 3. The zero-order chi connectivity index (χ0) is 28.5. The van der Waals surface area contributed by atoms with Crippen LogP contribution in [-0.2, 0) is 14.3 Å². The van der Waals surface area contributed by atoms with E-state index < -0.39 is 0 Å². The van der Waals surface area contributed by atoms with Crippen LogP contribution in [0.1, 0.15) is 194 Å². The monoisotopic (exact) mass is 586 g/mol. The van der Waals surface area contributed by atoms with Gasteiger partial charge >= 0.3 is 63.3 Å². The van der Waals surface area contributed by atoms with Gasteiger partial charge in [-0.15, -0.1) is 0 Å². The van der Waals surface area contributed by atoms with Crippen LogP contribution in [0.5, 0.6) is 0 Å². The van der Waals surface area contributed by atoms with Gasteiger partial charge in [0.2, 0.25) is 0 Å². The minimum atomic E-state index is -0.342. The van der Waals surface area contributed by atoms with Crippen LogP contribution in [-0.4, -0.2) is 63.3 Å². The van der Waals surface area contributed by atoms with E-state index in [1.807, 2.05) is 0 Å². The molecule has 0 rings (SSSR count). The maximum atomic E-state index is 11.9. The summed E-state index contributed by atoms with van der Waals surface area (Å²) in [6.45, 7) is 4.53. The molecule has 230 valence electrons. The molecule has 3 nitrogen and oxygen atoms in total. The molecule has 0 atom stereocenters. The summed E-state index contributed by atoms with van der Waals surface area (Å²) in [6, 6.07) is 0. The van der Waals surface area contributed by atoms with Crippen molar-refractivity contribution in [3.8, 4) is 0 Å². The zero-order valence-corrected chi connectivity index (χ0v) is 26.3.